The maximum Gasteiger partial charge on any atom is 0.341 e. The van der Waals surface area contributed by atoms with E-state index in [1.54, 1.807) is 31.2 Å². The molecule has 7 nitrogen and oxygen atoms in total. The molecule has 3 N–H and O–H groups in total. The van der Waals surface area contributed by atoms with Gasteiger partial charge >= 0.3 is 5.97 Å². The van der Waals surface area contributed by atoms with Crippen LogP contribution in [-0.4, -0.2) is 24.3 Å². The van der Waals surface area contributed by atoms with Crippen molar-refractivity contribution in [2.24, 2.45) is 5.73 Å². The van der Waals surface area contributed by atoms with Gasteiger partial charge in [-0.15, -0.1) is 0 Å². The zero-order valence-corrected chi connectivity index (χ0v) is 15.5. The van der Waals surface area contributed by atoms with Gasteiger partial charge in [-0.05, 0) is 26.3 Å². The van der Waals surface area contributed by atoms with Crippen molar-refractivity contribution >= 4 is 17.7 Å². The third kappa shape index (κ3) is 2.70. The summed E-state index contributed by atoms with van der Waals surface area (Å²) in [7, 11) is 0. The van der Waals surface area contributed by atoms with E-state index in [4.69, 9.17) is 15.2 Å². The number of rotatable bonds is 5. The van der Waals surface area contributed by atoms with Crippen LogP contribution in [0, 0.1) is 0 Å². The van der Waals surface area contributed by atoms with Crippen molar-refractivity contribution in [2.45, 2.75) is 39.0 Å². The van der Waals surface area contributed by atoms with E-state index < -0.39 is 17.3 Å². The fourth-order valence-corrected chi connectivity index (χ4v) is 3.73. The number of amides is 1. The molecule has 1 aromatic carbocycles. The molecular formula is C20H22N2O5. The van der Waals surface area contributed by atoms with Crippen LogP contribution in [0.1, 0.15) is 39.2 Å². The standard InChI is InChI=1S/C20H22N2O5/c1-4-5-10-26-18(24)16-17(21)27-14-9-7-6-8-13(14)20(16)15(12(3)23)11(2)22-19(20)25/h6-9H,4-5,10,21H2,1-3H3,(H,22,25)/t20-/m1/s1. The predicted octanol–water partition coefficient (Wildman–Crippen LogP) is 1.82. The molecule has 2 aliphatic heterocycles. The van der Waals surface area contributed by atoms with Crippen LogP contribution in [0.2, 0.25) is 0 Å². The number of fused-ring (bicyclic) bond motifs is 2. The molecular weight excluding hydrogens is 348 g/mol. The van der Waals surface area contributed by atoms with E-state index in [9.17, 15) is 14.4 Å². The molecule has 1 atom stereocenters. The Labute approximate surface area is 157 Å². The molecule has 0 saturated carbocycles. The Kier molecular flexibility index (Phi) is 4.78. The molecule has 1 aromatic rings. The lowest BCUT2D eigenvalue weighted by molar-refractivity contribution is -0.141. The van der Waals surface area contributed by atoms with Crippen LogP contribution >= 0.6 is 0 Å². The highest BCUT2D eigenvalue weighted by Crippen LogP contribution is 2.51. The molecule has 1 amide bonds. The molecule has 7 heteroatoms. The number of ether oxygens (including phenoxy) is 2. The number of para-hydroxylation sites is 1. The number of carbonyl (C=O) groups excluding carboxylic acids is 3. The number of ketones is 1. The van der Waals surface area contributed by atoms with Crippen molar-refractivity contribution in [3.63, 3.8) is 0 Å². The number of nitrogens with one attached hydrogen (secondary N) is 1. The number of allylic oxidation sites excluding steroid dienone is 1. The average molecular weight is 370 g/mol. The van der Waals surface area contributed by atoms with Crippen LogP contribution in [0.3, 0.4) is 0 Å². The van der Waals surface area contributed by atoms with Crippen LogP contribution in [-0.2, 0) is 24.5 Å². The van der Waals surface area contributed by atoms with Gasteiger partial charge in [-0.3, -0.25) is 9.59 Å². The second-order valence-electron chi connectivity index (χ2n) is 6.59. The van der Waals surface area contributed by atoms with E-state index in [0.717, 1.165) is 6.42 Å². The third-order valence-electron chi connectivity index (χ3n) is 4.81. The topological polar surface area (TPSA) is 108 Å². The van der Waals surface area contributed by atoms with Crippen LogP contribution in [0.15, 0.2) is 47.0 Å². The molecule has 142 valence electrons. The summed E-state index contributed by atoms with van der Waals surface area (Å²) in [6, 6.07) is 6.73. The molecule has 0 fully saturated rings. The van der Waals surface area contributed by atoms with Gasteiger partial charge in [0.05, 0.1) is 6.61 Å². The van der Waals surface area contributed by atoms with E-state index in [2.05, 4.69) is 5.32 Å². The summed E-state index contributed by atoms with van der Waals surface area (Å²) in [6.45, 7) is 5.13. The second kappa shape index (κ2) is 6.90. The number of unbranched alkanes of at least 4 members (excludes halogenated alkanes) is 1. The van der Waals surface area contributed by atoms with Gasteiger partial charge in [0.15, 0.2) is 5.78 Å². The third-order valence-corrected chi connectivity index (χ3v) is 4.81. The molecule has 0 saturated heterocycles. The van der Waals surface area contributed by atoms with Crippen LogP contribution in [0.4, 0.5) is 0 Å². The molecule has 27 heavy (non-hydrogen) atoms. The summed E-state index contributed by atoms with van der Waals surface area (Å²) < 4.78 is 10.9. The van der Waals surface area contributed by atoms with Gasteiger partial charge in [0.25, 0.3) is 0 Å². The largest absolute Gasteiger partial charge is 0.462 e. The first-order chi connectivity index (χ1) is 12.9. The number of hydrogen-bond acceptors (Lipinski definition) is 6. The summed E-state index contributed by atoms with van der Waals surface area (Å²) in [5, 5.41) is 2.69. The summed E-state index contributed by atoms with van der Waals surface area (Å²) >= 11 is 0. The lowest BCUT2D eigenvalue weighted by atomic mass is 9.66. The Morgan fingerprint density at radius 1 is 1.26 bits per heavy atom. The highest BCUT2D eigenvalue weighted by atomic mass is 16.5. The van der Waals surface area contributed by atoms with Gasteiger partial charge in [-0.25, -0.2) is 4.79 Å². The molecule has 0 aromatic heterocycles. The van der Waals surface area contributed by atoms with Gasteiger partial charge in [-0.2, -0.15) is 0 Å². The first-order valence-corrected chi connectivity index (χ1v) is 8.84. The lowest BCUT2D eigenvalue weighted by Gasteiger charge is -2.36. The van der Waals surface area contributed by atoms with Gasteiger partial charge < -0.3 is 20.5 Å². The Balaban J connectivity index is 2.27. The van der Waals surface area contributed by atoms with Gasteiger partial charge in [0.2, 0.25) is 11.8 Å². The van der Waals surface area contributed by atoms with Crippen molar-refractivity contribution in [2.75, 3.05) is 6.61 Å². The van der Waals surface area contributed by atoms with Crippen LogP contribution in [0.25, 0.3) is 0 Å². The van der Waals surface area contributed by atoms with Crippen molar-refractivity contribution in [3.8, 4) is 5.75 Å². The fraction of sp³-hybridized carbons (Fsp3) is 0.350. The van der Waals surface area contributed by atoms with Gasteiger partial charge in [-0.1, -0.05) is 31.5 Å². The Morgan fingerprint density at radius 3 is 2.63 bits per heavy atom. The van der Waals surface area contributed by atoms with E-state index in [1.807, 2.05) is 6.92 Å². The minimum Gasteiger partial charge on any atom is -0.462 e. The van der Waals surface area contributed by atoms with E-state index >= 15 is 0 Å². The minimum absolute atomic E-state index is 0.156. The highest BCUT2D eigenvalue weighted by molar-refractivity contribution is 6.18. The summed E-state index contributed by atoms with van der Waals surface area (Å²) in [6.07, 6.45) is 1.51. The van der Waals surface area contributed by atoms with Crippen molar-refractivity contribution in [3.05, 3.63) is 52.6 Å². The highest BCUT2D eigenvalue weighted by Gasteiger charge is 2.60. The average Bonchev–Trinajstić information content (AvgIpc) is 2.86. The zero-order chi connectivity index (χ0) is 19.8. The minimum atomic E-state index is -1.68. The molecule has 0 radical (unpaired) electrons. The van der Waals surface area contributed by atoms with E-state index in [1.165, 1.54) is 6.92 Å². The molecule has 3 rings (SSSR count). The number of nitrogens with two attached hydrogens (primary N) is 1. The second-order valence-corrected chi connectivity index (χ2v) is 6.59. The number of benzene rings is 1. The summed E-state index contributed by atoms with van der Waals surface area (Å²) in [5.41, 5.74) is 5.18. The van der Waals surface area contributed by atoms with Gasteiger partial charge in [0.1, 0.15) is 16.7 Å². The molecule has 0 aliphatic carbocycles. The quantitative estimate of drug-likeness (QED) is 0.605. The first-order valence-electron chi connectivity index (χ1n) is 8.84. The summed E-state index contributed by atoms with van der Waals surface area (Å²) in [5.74, 6) is -1.54. The SMILES string of the molecule is CCCCOC(=O)C1=C(N)Oc2ccccc2[C@]12C(=O)NC(C)=C2C(C)=O. The van der Waals surface area contributed by atoms with Crippen molar-refractivity contribution < 1.29 is 23.9 Å². The lowest BCUT2D eigenvalue weighted by Crippen LogP contribution is -2.48. The summed E-state index contributed by atoms with van der Waals surface area (Å²) in [4.78, 5) is 38.6. The normalized spacial score (nSPS) is 21.1. The van der Waals surface area contributed by atoms with E-state index in [0.29, 0.717) is 23.4 Å². The fourth-order valence-electron chi connectivity index (χ4n) is 3.73. The molecule has 1 spiro atoms. The number of carbonyl (C=O) groups is 3. The maximum atomic E-state index is 13.2. The van der Waals surface area contributed by atoms with Crippen LogP contribution < -0.4 is 15.8 Å². The van der Waals surface area contributed by atoms with Crippen molar-refractivity contribution in [1.29, 1.82) is 0 Å². The monoisotopic (exact) mass is 370 g/mol. The van der Waals surface area contributed by atoms with Crippen molar-refractivity contribution in [1.82, 2.24) is 5.32 Å². The zero-order valence-electron chi connectivity index (χ0n) is 15.5. The smallest absolute Gasteiger partial charge is 0.341 e. The Bertz CT molecular complexity index is 899. The molecule has 2 heterocycles. The predicted molar refractivity (Wildman–Crippen MR) is 97.4 cm³/mol. The van der Waals surface area contributed by atoms with Gasteiger partial charge in [0, 0.05) is 16.8 Å². The molecule has 0 bridgehead atoms. The molecule has 0 unspecified atom stereocenters. The number of esters is 1. The van der Waals surface area contributed by atoms with E-state index in [-0.39, 0.29) is 29.4 Å². The Morgan fingerprint density at radius 2 is 1.96 bits per heavy atom. The molecule has 2 aliphatic rings. The maximum absolute atomic E-state index is 13.2. The van der Waals surface area contributed by atoms with Crippen LogP contribution in [0.5, 0.6) is 5.75 Å². The number of hydrogen-bond donors (Lipinski definition) is 2. The Hall–Kier alpha value is -3.09. The first kappa shape index (κ1) is 18.7. The number of Topliss-reactive ketones (excluding diaryl/α,β-unsaturated/α-hetero) is 1.